The molecule has 1 aromatic heterocycles. The Morgan fingerprint density at radius 2 is 1.95 bits per heavy atom. The van der Waals surface area contributed by atoms with E-state index in [0.717, 1.165) is 28.1 Å². The number of hydrazine groups is 1. The molecule has 2 rings (SSSR count). The molecule has 0 saturated heterocycles. The van der Waals surface area contributed by atoms with Gasteiger partial charge in [0.25, 0.3) is 0 Å². The van der Waals surface area contributed by atoms with Crippen LogP contribution in [0.4, 0.5) is 0 Å². The van der Waals surface area contributed by atoms with Gasteiger partial charge in [-0.05, 0) is 43.4 Å². The minimum Gasteiger partial charge on any atom is -0.460 e. The Kier molecular flexibility index (Phi) is 5.58. The molecule has 1 aromatic carbocycles. The van der Waals surface area contributed by atoms with E-state index in [1.165, 1.54) is 0 Å². The van der Waals surface area contributed by atoms with Crippen LogP contribution in [0, 0.1) is 0 Å². The topological polar surface area (TPSA) is 49.2 Å². The molecule has 0 bridgehead atoms. The lowest BCUT2D eigenvalue weighted by atomic mass is 10.2. The van der Waals surface area contributed by atoms with Crippen molar-refractivity contribution < 1.29 is 4.42 Å². The normalized spacial score (nSPS) is 10.3. The molecule has 20 heavy (non-hydrogen) atoms. The molecule has 0 unspecified atom stereocenters. The highest BCUT2D eigenvalue weighted by Gasteiger charge is 2.04. The van der Waals surface area contributed by atoms with Gasteiger partial charge in [0.15, 0.2) is 5.11 Å². The molecule has 1 heterocycles. The van der Waals surface area contributed by atoms with Gasteiger partial charge in [-0.2, -0.15) is 0 Å². The largest absolute Gasteiger partial charge is 0.460 e. The smallest absolute Gasteiger partial charge is 0.180 e. The van der Waals surface area contributed by atoms with Crippen LogP contribution in [-0.4, -0.2) is 11.7 Å². The van der Waals surface area contributed by atoms with Crippen LogP contribution in [0.3, 0.4) is 0 Å². The minimum absolute atomic E-state index is 0.558. The average molecular weight is 354 g/mol. The zero-order valence-electron chi connectivity index (χ0n) is 11.1. The molecule has 0 radical (unpaired) electrons. The standard InChI is InChI=1S/C14H16BrN3OS/c1-2-16-14(20)18-17-9-12-7-8-13(19-12)10-3-5-11(15)6-4-10/h3-8,17H,2,9H2,1H3,(H2,16,18,20). The summed E-state index contributed by atoms with van der Waals surface area (Å²) < 4.78 is 6.82. The van der Waals surface area contributed by atoms with Crippen molar-refractivity contribution in [2.45, 2.75) is 13.5 Å². The number of furan rings is 1. The SMILES string of the molecule is CCNC(=S)NNCc1ccc(-c2ccc(Br)cc2)o1. The highest BCUT2D eigenvalue weighted by molar-refractivity contribution is 9.10. The fourth-order valence-electron chi connectivity index (χ4n) is 1.66. The van der Waals surface area contributed by atoms with Crippen molar-refractivity contribution >= 4 is 33.3 Å². The van der Waals surface area contributed by atoms with Crippen LogP contribution in [0.5, 0.6) is 0 Å². The van der Waals surface area contributed by atoms with E-state index in [1.54, 1.807) is 0 Å². The van der Waals surface area contributed by atoms with Crippen molar-refractivity contribution in [1.29, 1.82) is 0 Å². The first-order chi connectivity index (χ1) is 9.69. The summed E-state index contributed by atoms with van der Waals surface area (Å²) in [4.78, 5) is 0. The van der Waals surface area contributed by atoms with Gasteiger partial charge < -0.3 is 9.73 Å². The zero-order chi connectivity index (χ0) is 14.4. The lowest BCUT2D eigenvalue weighted by molar-refractivity contribution is 0.484. The summed E-state index contributed by atoms with van der Waals surface area (Å²) in [6.07, 6.45) is 0. The van der Waals surface area contributed by atoms with E-state index in [4.69, 9.17) is 16.6 Å². The van der Waals surface area contributed by atoms with E-state index in [0.29, 0.717) is 11.7 Å². The summed E-state index contributed by atoms with van der Waals surface area (Å²) in [5.41, 5.74) is 6.95. The van der Waals surface area contributed by atoms with Crippen LogP contribution in [-0.2, 0) is 6.54 Å². The Morgan fingerprint density at radius 1 is 1.20 bits per heavy atom. The Morgan fingerprint density at radius 3 is 2.65 bits per heavy atom. The van der Waals surface area contributed by atoms with Crippen LogP contribution >= 0.6 is 28.1 Å². The van der Waals surface area contributed by atoms with Gasteiger partial charge in [0.1, 0.15) is 11.5 Å². The molecular formula is C14H16BrN3OS. The van der Waals surface area contributed by atoms with Gasteiger partial charge in [0.05, 0.1) is 6.54 Å². The van der Waals surface area contributed by atoms with Crippen molar-refractivity contribution in [3.05, 3.63) is 46.6 Å². The predicted molar refractivity (Wildman–Crippen MR) is 88.1 cm³/mol. The van der Waals surface area contributed by atoms with E-state index in [9.17, 15) is 0 Å². The molecule has 2 aromatic rings. The van der Waals surface area contributed by atoms with Crippen molar-refractivity contribution in [2.75, 3.05) is 6.54 Å². The highest BCUT2D eigenvalue weighted by Crippen LogP contribution is 2.23. The number of hydrogen-bond donors (Lipinski definition) is 3. The number of benzene rings is 1. The molecule has 3 N–H and O–H groups in total. The first-order valence-corrected chi connectivity index (χ1v) is 7.50. The monoisotopic (exact) mass is 353 g/mol. The van der Waals surface area contributed by atoms with Gasteiger partial charge in [-0.15, -0.1) is 0 Å². The Bertz CT molecular complexity index is 568. The van der Waals surface area contributed by atoms with E-state index in [1.807, 2.05) is 43.3 Å². The summed E-state index contributed by atoms with van der Waals surface area (Å²) in [6.45, 7) is 3.34. The summed E-state index contributed by atoms with van der Waals surface area (Å²) in [5, 5.41) is 3.57. The molecule has 0 spiro atoms. The second-order valence-electron chi connectivity index (χ2n) is 4.11. The second-order valence-corrected chi connectivity index (χ2v) is 5.43. The van der Waals surface area contributed by atoms with Gasteiger partial charge in [-0.3, -0.25) is 5.43 Å². The van der Waals surface area contributed by atoms with Crippen LogP contribution in [0.15, 0.2) is 45.3 Å². The zero-order valence-corrected chi connectivity index (χ0v) is 13.5. The number of hydrogen-bond acceptors (Lipinski definition) is 3. The van der Waals surface area contributed by atoms with Crippen molar-refractivity contribution in [1.82, 2.24) is 16.2 Å². The molecule has 6 heteroatoms. The molecule has 106 valence electrons. The summed E-state index contributed by atoms with van der Waals surface area (Å²) >= 11 is 8.46. The molecule has 4 nitrogen and oxygen atoms in total. The first kappa shape index (κ1) is 15.0. The molecular weight excluding hydrogens is 338 g/mol. The maximum absolute atomic E-state index is 5.77. The minimum atomic E-state index is 0.558. The average Bonchev–Trinajstić information content (AvgIpc) is 2.89. The van der Waals surface area contributed by atoms with E-state index in [2.05, 4.69) is 32.1 Å². The van der Waals surface area contributed by atoms with E-state index < -0.39 is 0 Å². The maximum atomic E-state index is 5.77. The van der Waals surface area contributed by atoms with Gasteiger partial charge in [0.2, 0.25) is 0 Å². The Balaban J connectivity index is 1.89. The highest BCUT2D eigenvalue weighted by atomic mass is 79.9. The molecule has 0 aliphatic heterocycles. The quantitative estimate of drug-likeness (QED) is 0.569. The van der Waals surface area contributed by atoms with Gasteiger partial charge in [-0.25, -0.2) is 5.43 Å². The lowest BCUT2D eigenvalue weighted by Crippen LogP contribution is -2.43. The number of halogens is 1. The van der Waals surface area contributed by atoms with E-state index in [-0.39, 0.29) is 0 Å². The van der Waals surface area contributed by atoms with Gasteiger partial charge in [0, 0.05) is 16.6 Å². The summed E-state index contributed by atoms with van der Waals surface area (Å²) in [5.74, 6) is 1.69. The molecule has 0 fully saturated rings. The van der Waals surface area contributed by atoms with E-state index >= 15 is 0 Å². The van der Waals surface area contributed by atoms with Crippen LogP contribution in [0.1, 0.15) is 12.7 Å². The number of thiocarbonyl (C=S) groups is 1. The van der Waals surface area contributed by atoms with Gasteiger partial charge >= 0.3 is 0 Å². The maximum Gasteiger partial charge on any atom is 0.180 e. The Labute approximate surface area is 132 Å². The molecule has 0 aliphatic carbocycles. The molecule has 0 amide bonds. The third-order valence-corrected chi connectivity index (χ3v) is 3.37. The number of nitrogens with one attached hydrogen (secondary N) is 3. The predicted octanol–water partition coefficient (Wildman–Crippen LogP) is 3.20. The summed E-state index contributed by atoms with van der Waals surface area (Å²) in [6, 6.07) is 11.9. The van der Waals surface area contributed by atoms with Crippen molar-refractivity contribution in [3.8, 4) is 11.3 Å². The molecule has 0 atom stereocenters. The molecule has 0 saturated carbocycles. The molecule has 0 aliphatic rings. The Hall–Kier alpha value is -1.37. The number of rotatable bonds is 5. The third kappa shape index (κ3) is 4.33. The van der Waals surface area contributed by atoms with Gasteiger partial charge in [-0.1, -0.05) is 28.1 Å². The van der Waals surface area contributed by atoms with Crippen LogP contribution < -0.4 is 16.2 Å². The second kappa shape index (κ2) is 7.42. The fraction of sp³-hybridized carbons (Fsp3) is 0.214. The lowest BCUT2D eigenvalue weighted by Gasteiger charge is -2.08. The van der Waals surface area contributed by atoms with Crippen molar-refractivity contribution in [3.63, 3.8) is 0 Å². The summed E-state index contributed by atoms with van der Waals surface area (Å²) in [7, 11) is 0. The fourth-order valence-corrected chi connectivity index (χ4v) is 2.14. The third-order valence-electron chi connectivity index (χ3n) is 2.59. The van der Waals surface area contributed by atoms with Crippen molar-refractivity contribution in [2.24, 2.45) is 0 Å². The first-order valence-electron chi connectivity index (χ1n) is 6.30. The van der Waals surface area contributed by atoms with Crippen LogP contribution in [0.25, 0.3) is 11.3 Å². The van der Waals surface area contributed by atoms with Crippen LogP contribution in [0.2, 0.25) is 0 Å².